The number of fused-ring (bicyclic) bond motifs is 1. The largest absolute Gasteiger partial charge is 0.497 e. The number of aromatic nitrogens is 2. The lowest BCUT2D eigenvalue weighted by molar-refractivity contribution is -0.123. The molecule has 2 N–H and O–H groups in total. The van der Waals surface area contributed by atoms with Crippen molar-refractivity contribution in [1.29, 1.82) is 0 Å². The summed E-state index contributed by atoms with van der Waals surface area (Å²) in [7, 11) is 1.63. The molecule has 154 valence electrons. The quantitative estimate of drug-likeness (QED) is 0.658. The molecule has 2 amide bonds. The summed E-state index contributed by atoms with van der Waals surface area (Å²) in [5, 5.41) is 0. The Balaban J connectivity index is 1.84. The van der Waals surface area contributed by atoms with Gasteiger partial charge in [-0.3, -0.25) is 14.6 Å². The number of carbonyl (C=O) groups is 2. The van der Waals surface area contributed by atoms with Gasteiger partial charge in [0.05, 0.1) is 24.4 Å². The third-order valence-electron chi connectivity index (χ3n) is 5.45. The number of ether oxygens (including phenoxy) is 1. The molecule has 0 bridgehead atoms. The Labute approximate surface area is 178 Å². The van der Waals surface area contributed by atoms with Gasteiger partial charge in [-0.2, -0.15) is 0 Å². The van der Waals surface area contributed by atoms with E-state index in [2.05, 4.69) is 9.97 Å². The minimum atomic E-state index is -0.939. The van der Waals surface area contributed by atoms with E-state index in [1.54, 1.807) is 49.0 Å². The van der Waals surface area contributed by atoms with E-state index in [1.807, 2.05) is 18.2 Å². The predicted molar refractivity (Wildman–Crippen MR) is 113 cm³/mol. The van der Waals surface area contributed by atoms with Gasteiger partial charge in [0.1, 0.15) is 16.7 Å². The van der Waals surface area contributed by atoms with Crippen molar-refractivity contribution in [2.24, 2.45) is 5.73 Å². The molecule has 4 rings (SSSR count). The summed E-state index contributed by atoms with van der Waals surface area (Å²) in [4.78, 5) is 36.8. The number of nitrogens with zero attached hydrogens (tertiary/aromatic N) is 3. The highest BCUT2D eigenvalue weighted by Crippen LogP contribution is 2.42. The van der Waals surface area contributed by atoms with Gasteiger partial charge in [0.2, 0.25) is 5.91 Å². The van der Waals surface area contributed by atoms with Crippen molar-refractivity contribution < 1.29 is 14.3 Å². The number of benzene rings is 1. The van der Waals surface area contributed by atoms with Crippen LogP contribution in [-0.2, 0) is 11.2 Å². The van der Waals surface area contributed by atoms with Crippen molar-refractivity contribution in [1.82, 2.24) is 14.9 Å². The molecule has 0 aliphatic heterocycles. The summed E-state index contributed by atoms with van der Waals surface area (Å²) < 4.78 is 5.34. The van der Waals surface area contributed by atoms with Crippen LogP contribution in [0.1, 0.15) is 50.6 Å². The third kappa shape index (κ3) is 3.54. The summed E-state index contributed by atoms with van der Waals surface area (Å²) in [6, 6.07) is 8.10. The number of aryl methyl sites for hydroxylation is 2. The molecular weight excluding hydrogens is 400 g/mol. The molecule has 2 heterocycles. The van der Waals surface area contributed by atoms with Crippen LogP contribution in [0.3, 0.4) is 0 Å². The standard InChI is InChI=1S/C22H22N4O3S/c1-13-20(30-12-25-13)22(28)26(19(21(23)27)15-4-3-9-24-11-15)18-8-5-14-10-16(29-2)6-7-17(14)18/h3-4,6-7,9-12,18-19H,5,8H2,1-2H3,(H2,23,27)/t18-,19-/m1/s1. The second kappa shape index (κ2) is 8.23. The van der Waals surface area contributed by atoms with Crippen molar-refractivity contribution in [2.45, 2.75) is 31.8 Å². The van der Waals surface area contributed by atoms with Crippen LogP contribution in [0.4, 0.5) is 0 Å². The van der Waals surface area contributed by atoms with Crippen molar-refractivity contribution in [3.63, 3.8) is 0 Å². The van der Waals surface area contributed by atoms with E-state index in [9.17, 15) is 9.59 Å². The SMILES string of the molecule is COc1ccc2c(c1)CC[C@H]2N(C(=O)c1scnc1C)[C@@H](C(N)=O)c1cccnc1. The maximum absolute atomic E-state index is 13.7. The average Bonchev–Trinajstić information content (AvgIpc) is 3.37. The molecular formula is C22H22N4O3S. The molecule has 0 spiro atoms. The van der Waals surface area contributed by atoms with Crippen molar-refractivity contribution >= 4 is 23.2 Å². The molecule has 8 heteroatoms. The molecule has 2 atom stereocenters. The molecule has 0 fully saturated rings. The summed E-state index contributed by atoms with van der Waals surface area (Å²) in [5.74, 6) is -0.0823. The number of thiazole rings is 1. The van der Waals surface area contributed by atoms with Gasteiger partial charge in [0, 0.05) is 18.0 Å². The summed E-state index contributed by atoms with van der Waals surface area (Å²) >= 11 is 1.27. The van der Waals surface area contributed by atoms with Gasteiger partial charge in [0.15, 0.2) is 0 Å². The second-order valence-corrected chi connectivity index (χ2v) is 8.04. The molecule has 0 saturated carbocycles. The molecule has 7 nitrogen and oxygen atoms in total. The average molecular weight is 423 g/mol. The monoisotopic (exact) mass is 422 g/mol. The molecule has 3 aromatic rings. The fourth-order valence-corrected chi connectivity index (χ4v) is 4.80. The lowest BCUT2D eigenvalue weighted by atomic mass is 10.00. The first kappa shape index (κ1) is 20.0. The van der Waals surface area contributed by atoms with E-state index < -0.39 is 11.9 Å². The van der Waals surface area contributed by atoms with Gasteiger partial charge in [-0.1, -0.05) is 12.1 Å². The first-order chi connectivity index (χ1) is 14.5. The highest BCUT2D eigenvalue weighted by molar-refractivity contribution is 7.11. The summed E-state index contributed by atoms with van der Waals surface area (Å²) in [6.45, 7) is 1.79. The molecule has 1 aromatic carbocycles. The van der Waals surface area contributed by atoms with E-state index in [4.69, 9.17) is 10.5 Å². The highest BCUT2D eigenvalue weighted by atomic mass is 32.1. The Bertz CT molecular complexity index is 1080. The molecule has 0 saturated heterocycles. The number of amides is 2. The maximum atomic E-state index is 13.7. The number of hydrogen-bond donors (Lipinski definition) is 1. The number of primary amides is 1. The van der Waals surface area contributed by atoms with Gasteiger partial charge >= 0.3 is 0 Å². The normalized spacial score (nSPS) is 16.0. The molecule has 30 heavy (non-hydrogen) atoms. The topological polar surface area (TPSA) is 98.4 Å². The number of methoxy groups -OCH3 is 1. The van der Waals surface area contributed by atoms with E-state index >= 15 is 0 Å². The van der Waals surface area contributed by atoms with Crippen molar-refractivity contribution in [3.8, 4) is 5.75 Å². The van der Waals surface area contributed by atoms with Crippen LogP contribution in [0.2, 0.25) is 0 Å². The van der Waals surface area contributed by atoms with E-state index in [0.29, 0.717) is 22.6 Å². The third-order valence-corrected chi connectivity index (χ3v) is 6.37. The number of carbonyl (C=O) groups excluding carboxylic acids is 2. The van der Waals surface area contributed by atoms with E-state index in [-0.39, 0.29) is 11.9 Å². The molecule has 1 aliphatic carbocycles. The smallest absolute Gasteiger partial charge is 0.267 e. The minimum Gasteiger partial charge on any atom is -0.497 e. The summed E-state index contributed by atoms with van der Waals surface area (Å²) in [6.07, 6.45) is 4.68. The zero-order valence-corrected chi connectivity index (χ0v) is 17.6. The Morgan fingerprint density at radius 3 is 2.80 bits per heavy atom. The van der Waals surface area contributed by atoms with Gasteiger partial charge in [-0.15, -0.1) is 11.3 Å². The Morgan fingerprint density at radius 1 is 1.33 bits per heavy atom. The van der Waals surface area contributed by atoms with Gasteiger partial charge in [-0.25, -0.2) is 4.98 Å². The zero-order chi connectivity index (χ0) is 21.3. The van der Waals surface area contributed by atoms with Gasteiger partial charge < -0.3 is 15.4 Å². The Kier molecular flexibility index (Phi) is 5.50. The fraction of sp³-hybridized carbons (Fsp3) is 0.273. The maximum Gasteiger partial charge on any atom is 0.267 e. The Hall–Kier alpha value is -3.26. The van der Waals surface area contributed by atoms with Crippen LogP contribution in [-0.4, -0.2) is 33.8 Å². The number of hydrogen-bond acceptors (Lipinski definition) is 6. The zero-order valence-electron chi connectivity index (χ0n) is 16.7. The van der Waals surface area contributed by atoms with Crippen LogP contribution >= 0.6 is 11.3 Å². The van der Waals surface area contributed by atoms with Crippen molar-refractivity contribution in [3.05, 3.63) is 75.5 Å². The number of nitrogens with two attached hydrogens (primary N) is 1. The molecule has 1 aliphatic rings. The van der Waals surface area contributed by atoms with Crippen LogP contribution in [0.25, 0.3) is 0 Å². The fourth-order valence-electron chi connectivity index (χ4n) is 4.05. The van der Waals surface area contributed by atoms with Crippen LogP contribution in [0, 0.1) is 6.92 Å². The lowest BCUT2D eigenvalue weighted by Crippen LogP contribution is -2.43. The van der Waals surface area contributed by atoms with E-state index in [1.165, 1.54) is 11.3 Å². The molecule has 0 unspecified atom stereocenters. The lowest BCUT2D eigenvalue weighted by Gasteiger charge is -2.35. The van der Waals surface area contributed by atoms with Crippen molar-refractivity contribution in [2.75, 3.05) is 7.11 Å². The first-order valence-corrected chi connectivity index (χ1v) is 10.5. The second-order valence-electron chi connectivity index (χ2n) is 7.19. The van der Waals surface area contributed by atoms with Gasteiger partial charge in [-0.05, 0) is 49.1 Å². The highest BCUT2D eigenvalue weighted by Gasteiger charge is 2.40. The van der Waals surface area contributed by atoms with Crippen LogP contribution in [0.15, 0.2) is 48.2 Å². The number of rotatable bonds is 6. The van der Waals surface area contributed by atoms with Crippen LogP contribution < -0.4 is 10.5 Å². The number of pyridine rings is 1. The first-order valence-electron chi connectivity index (χ1n) is 9.60. The van der Waals surface area contributed by atoms with Gasteiger partial charge in [0.25, 0.3) is 5.91 Å². The Morgan fingerprint density at radius 2 is 2.17 bits per heavy atom. The molecule has 2 aromatic heterocycles. The predicted octanol–water partition coefficient (Wildman–Crippen LogP) is 3.21. The molecule has 0 radical (unpaired) electrons. The summed E-state index contributed by atoms with van der Waals surface area (Å²) in [5.41, 5.74) is 10.8. The minimum absolute atomic E-state index is 0.253. The van der Waals surface area contributed by atoms with E-state index in [0.717, 1.165) is 23.3 Å². The van der Waals surface area contributed by atoms with Crippen LogP contribution in [0.5, 0.6) is 5.75 Å².